The predicted octanol–water partition coefficient (Wildman–Crippen LogP) is 1.60. The van der Waals surface area contributed by atoms with Crippen molar-refractivity contribution in [1.82, 2.24) is 19.8 Å². The van der Waals surface area contributed by atoms with E-state index in [1.807, 2.05) is 29.2 Å². The van der Waals surface area contributed by atoms with Crippen LogP contribution in [-0.2, 0) is 26.0 Å². The molecule has 1 aromatic carbocycles. The van der Waals surface area contributed by atoms with Gasteiger partial charge in [0.05, 0.1) is 35.6 Å². The third-order valence-electron chi connectivity index (χ3n) is 4.68. The summed E-state index contributed by atoms with van der Waals surface area (Å²) in [5, 5.41) is 10.0. The van der Waals surface area contributed by atoms with Gasteiger partial charge in [-0.15, -0.1) is 0 Å². The number of carbonyl (C=O) groups excluding carboxylic acids is 1. The Bertz CT molecular complexity index is 1050. The summed E-state index contributed by atoms with van der Waals surface area (Å²) >= 11 is 0. The van der Waals surface area contributed by atoms with E-state index in [2.05, 4.69) is 28.7 Å². The van der Waals surface area contributed by atoms with Gasteiger partial charge in [0, 0.05) is 19.1 Å². The number of carbonyl (C=O) groups is 2. The van der Waals surface area contributed by atoms with Crippen LogP contribution in [0.3, 0.4) is 0 Å². The Balaban J connectivity index is 0.000000451. The number of carboxylic acids is 1. The zero-order valence-electron chi connectivity index (χ0n) is 17.6. The van der Waals surface area contributed by atoms with Crippen LogP contribution in [0.5, 0.6) is 0 Å². The molecule has 1 fully saturated rings. The molecule has 0 radical (unpaired) electrons. The minimum Gasteiger partial charge on any atom is -0.475 e. The predicted molar refractivity (Wildman–Crippen MR) is 111 cm³/mol. The molecule has 0 aliphatic carbocycles. The van der Waals surface area contributed by atoms with Crippen LogP contribution in [0.25, 0.3) is 11.0 Å². The summed E-state index contributed by atoms with van der Waals surface area (Å²) in [6, 6.07) is 8.17. The molecule has 0 spiro atoms. The zero-order chi connectivity index (χ0) is 24.1. The van der Waals surface area contributed by atoms with Crippen molar-refractivity contribution >= 4 is 32.7 Å². The fourth-order valence-corrected chi connectivity index (χ4v) is 4.42. The first kappa shape index (κ1) is 25.6. The van der Waals surface area contributed by atoms with Crippen molar-refractivity contribution in [2.24, 2.45) is 0 Å². The second-order valence-electron chi connectivity index (χ2n) is 7.49. The molecule has 178 valence electrons. The van der Waals surface area contributed by atoms with Gasteiger partial charge in [0.25, 0.3) is 0 Å². The molecule has 1 amide bonds. The SMILES string of the molecule is CC(C)n1c(CNC(=O)CN2CCS(=O)(=O)CC2)nc2ccccc21.O=C(O)C(F)(F)F. The van der Waals surface area contributed by atoms with Crippen LogP contribution in [0.4, 0.5) is 13.2 Å². The maximum Gasteiger partial charge on any atom is 0.490 e. The van der Waals surface area contributed by atoms with Gasteiger partial charge in [-0.2, -0.15) is 13.2 Å². The lowest BCUT2D eigenvalue weighted by molar-refractivity contribution is -0.192. The number of nitrogens with zero attached hydrogens (tertiary/aromatic N) is 3. The zero-order valence-corrected chi connectivity index (χ0v) is 18.4. The summed E-state index contributed by atoms with van der Waals surface area (Å²) < 4.78 is 56.7. The Hall–Kier alpha value is -2.67. The number of alkyl halides is 3. The van der Waals surface area contributed by atoms with E-state index in [0.717, 1.165) is 16.9 Å². The van der Waals surface area contributed by atoms with Gasteiger partial charge in [-0.1, -0.05) is 12.1 Å². The molecule has 13 heteroatoms. The van der Waals surface area contributed by atoms with Crippen LogP contribution in [0, 0.1) is 0 Å². The molecule has 0 bridgehead atoms. The van der Waals surface area contributed by atoms with Gasteiger partial charge in [0.15, 0.2) is 9.84 Å². The molecule has 1 aromatic heterocycles. The van der Waals surface area contributed by atoms with E-state index in [1.165, 1.54) is 0 Å². The Morgan fingerprint density at radius 1 is 1.19 bits per heavy atom. The summed E-state index contributed by atoms with van der Waals surface area (Å²) in [6.45, 7) is 5.59. The van der Waals surface area contributed by atoms with Crippen LogP contribution in [-0.4, -0.2) is 77.2 Å². The number of carboxylic acid groups (broad SMARTS) is 1. The Morgan fingerprint density at radius 3 is 2.28 bits per heavy atom. The number of hydrogen-bond acceptors (Lipinski definition) is 6. The molecule has 1 saturated heterocycles. The number of rotatable bonds is 5. The number of nitrogens with one attached hydrogen (secondary N) is 1. The van der Waals surface area contributed by atoms with Crippen molar-refractivity contribution in [3.63, 3.8) is 0 Å². The molecule has 9 nitrogen and oxygen atoms in total. The maximum atomic E-state index is 12.2. The van der Waals surface area contributed by atoms with Crippen LogP contribution in [0.15, 0.2) is 24.3 Å². The topological polar surface area (TPSA) is 122 Å². The van der Waals surface area contributed by atoms with Gasteiger partial charge in [-0.05, 0) is 26.0 Å². The molecule has 2 heterocycles. The first-order valence-electron chi connectivity index (χ1n) is 9.75. The monoisotopic (exact) mass is 478 g/mol. The Kier molecular flexibility index (Phi) is 8.24. The number of hydrogen-bond donors (Lipinski definition) is 2. The number of imidazole rings is 1. The second kappa shape index (κ2) is 10.3. The highest BCUT2D eigenvalue weighted by molar-refractivity contribution is 7.91. The highest BCUT2D eigenvalue weighted by atomic mass is 32.2. The Morgan fingerprint density at radius 2 is 1.75 bits per heavy atom. The van der Waals surface area contributed by atoms with Gasteiger partial charge >= 0.3 is 12.1 Å². The van der Waals surface area contributed by atoms with Crippen molar-refractivity contribution in [2.45, 2.75) is 32.6 Å². The summed E-state index contributed by atoms with van der Waals surface area (Å²) in [4.78, 5) is 27.6. The molecule has 32 heavy (non-hydrogen) atoms. The number of benzene rings is 1. The first-order chi connectivity index (χ1) is 14.8. The lowest BCUT2D eigenvalue weighted by Crippen LogP contribution is -2.45. The molecule has 0 unspecified atom stereocenters. The fourth-order valence-electron chi connectivity index (χ4n) is 3.14. The van der Waals surface area contributed by atoms with Crippen LogP contribution < -0.4 is 5.32 Å². The third-order valence-corrected chi connectivity index (χ3v) is 6.28. The number of fused-ring (bicyclic) bond motifs is 1. The van der Waals surface area contributed by atoms with Crippen molar-refractivity contribution in [3.05, 3.63) is 30.1 Å². The van der Waals surface area contributed by atoms with E-state index >= 15 is 0 Å². The lowest BCUT2D eigenvalue weighted by Gasteiger charge is -2.25. The number of aliphatic carboxylic acids is 1. The van der Waals surface area contributed by atoms with E-state index in [9.17, 15) is 26.4 Å². The fraction of sp³-hybridized carbons (Fsp3) is 0.526. The molecule has 2 aromatic rings. The molecule has 0 atom stereocenters. The van der Waals surface area contributed by atoms with Crippen LogP contribution >= 0.6 is 0 Å². The molecule has 3 rings (SSSR count). The van der Waals surface area contributed by atoms with Gasteiger partial charge in [0.1, 0.15) is 5.82 Å². The first-order valence-corrected chi connectivity index (χ1v) is 11.6. The van der Waals surface area contributed by atoms with Crippen molar-refractivity contribution < 1.29 is 36.3 Å². The molecular weight excluding hydrogens is 453 g/mol. The van der Waals surface area contributed by atoms with Crippen LogP contribution in [0.1, 0.15) is 25.7 Å². The highest BCUT2D eigenvalue weighted by Gasteiger charge is 2.38. The van der Waals surface area contributed by atoms with Crippen molar-refractivity contribution in [3.8, 4) is 0 Å². The number of para-hydroxylation sites is 2. The standard InChI is InChI=1S/C17H24N4O3S.C2HF3O2/c1-13(2)21-15-6-4-3-5-14(15)19-16(21)11-18-17(22)12-20-7-9-25(23,24)10-8-20;3-2(4,5)1(6)7/h3-6,13H,7-12H2,1-2H3,(H,18,22);(H,6,7). The highest BCUT2D eigenvalue weighted by Crippen LogP contribution is 2.20. The normalized spacial score (nSPS) is 16.4. The summed E-state index contributed by atoms with van der Waals surface area (Å²) in [5.41, 5.74) is 1.98. The number of sulfone groups is 1. The minimum absolute atomic E-state index is 0.110. The van der Waals surface area contributed by atoms with Gasteiger partial charge in [-0.3, -0.25) is 9.69 Å². The molecule has 1 aliphatic heterocycles. The lowest BCUT2D eigenvalue weighted by atomic mass is 10.3. The average molecular weight is 478 g/mol. The Labute approximate surface area is 183 Å². The largest absolute Gasteiger partial charge is 0.490 e. The smallest absolute Gasteiger partial charge is 0.475 e. The van der Waals surface area contributed by atoms with E-state index in [-0.39, 0.29) is 30.0 Å². The van der Waals surface area contributed by atoms with E-state index in [1.54, 1.807) is 0 Å². The number of halogens is 3. The van der Waals surface area contributed by atoms with E-state index in [4.69, 9.17) is 9.90 Å². The van der Waals surface area contributed by atoms with Crippen molar-refractivity contribution in [1.29, 1.82) is 0 Å². The van der Waals surface area contributed by atoms with Crippen molar-refractivity contribution in [2.75, 3.05) is 31.1 Å². The second-order valence-corrected chi connectivity index (χ2v) is 9.79. The van der Waals surface area contributed by atoms with Gasteiger partial charge in [-0.25, -0.2) is 18.2 Å². The third kappa shape index (κ3) is 7.19. The van der Waals surface area contributed by atoms with Gasteiger partial charge in [0.2, 0.25) is 5.91 Å². The quantitative estimate of drug-likeness (QED) is 0.669. The molecular formula is C19H25F3N4O5S. The van der Waals surface area contributed by atoms with E-state index < -0.39 is 22.0 Å². The minimum atomic E-state index is -5.08. The molecule has 0 saturated carbocycles. The maximum absolute atomic E-state index is 12.2. The van der Waals surface area contributed by atoms with Crippen LogP contribution in [0.2, 0.25) is 0 Å². The number of amides is 1. The molecule has 1 aliphatic rings. The molecule has 2 N–H and O–H groups in total. The van der Waals surface area contributed by atoms with E-state index in [0.29, 0.717) is 19.6 Å². The summed E-state index contributed by atoms with van der Waals surface area (Å²) in [7, 11) is -2.92. The summed E-state index contributed by atoms with van der Waals surface area (Å²) in [5.74, 6) is -1.78. The average Bonchev–Trinajstić information content (AvgIpc) is 3.06. The number of aromatic nitrogens is 2. The van der Waals surface area contributed by atoms with Gasteiger partial charge < -0.3 is 15.0 Å². The summed E-state index contributed by atoms with van der Waals surface area (Å²) in [6.07, 6.45) is -5.08.